The monoisotopic (exact) mass is 208 g/mol. The predicted octanol–water partition coefficient (Wildman–Crippen LogP) is 1.30. The molecule has 0 radical (unpaired) electrons. The zero-order valence-corrected chi connectivity index (χ0v) is 8.97. The number of carbonyl (C=O) groups is 1. The molecule has 1 rings (SSSR count). The molecule has 15 heavy (non-hydrogen) atoms. The molecule has 1 aromatic heterocycles. The summed E-state index contributed by atoms with van der Waals surface area (Å²) in [5.41, 5.74) is 7.76. The van der Waals surface area contributed by atoms with E-state index in [1.807, 2.05) is 19.9 Å². The van der Waals surface area contributed by atoms with E-state index in [1.54, 1.807) is 12.4 Å². The lowest BCUT2D eigenvalue weighted by molar-refractivity contribution is -0.137. The van der Waals surface area contributed by atoms with Gasteiger partial charge >= 0.3 is 5.97 Å². The van der Waals surface area contributed by atoms with Gasteiger partial charge in [0, 0.05) is 24.4 Å². The van der Waals surface area contributed by atoms with Gasteiger partial charge in [-0.15, -0.1) is 0 Å². The lowest BCUT2D eigenvalue weighted by atomic mass is 9.88. The Kier molecular flexibility index (Phi) is 3.80. The molecule has 0 saturated carbocycles. The SMILES string of the molecule is Cc1ccncc1C(CC(=O)O)C(C)N. The normalized spacial score (nSPS) is 14.6. The van der Waals surface area contributed by atoms with Gasteiger partial charge in [-0.1, -0.05) is 0 Å². The van der Waals surface area contributed by atoms with Crippen LogP contribution in [-0.2, 0) is 4.79 Å². The van der Waals surface area contributed by atoms with Gasteiger partial charge in [0.25, 0.3) is 0 Å². The highest BCUT2D eigenvalue weighted by molar-refractivity contribution is 5.68. The minimum atomic E-state index is -0.833. The quantitative estimate of drug-likeness (QED) is 0.781. The Morgan fingerprint density at radius 1 is 1.67 bits per heavy atom. The third-order valence-corrected chi connectivity index (χ3v) is 2.51. The van der Waals surface area contributed by atoms with Crippen molar-refractivity contribution in [3.63, 3.8) is 0 Å². The Bertz CT molecular complexity index is 350. The fourth-order valence-corrected chi connectivity index (χ4v) is 1.63. The summed E-state index contributed by atoms with van der Waals surface area (Å²) < 4.78 is 0. The first-order valence-corrected chi connectivity index (χ1v) is 4.90. The predicted molar refractivity (Wildman–Crippen MR) is 57.6 cm³/mol. The van der Waals surface area contributed by atoms with Crippen LogP contribution in [0, 0.1) is 6.92 Å². The average Bonchev–Trinajstić information content (AvgIpc) is 2.15. The Morgan fingerprint density at radius 2 is 2.33 bits per heavy atom. The maximum absolute atomic E-state index is 10.7. The summed E-state index contributed by atoms with van der Waals surface area (Å²) in [7, 11) is 0. The number of nitrogens with zero attached hydrogens (tertiary/aromatic N) is 1. The maximum Gasteiger partial charge on any atom is 0.304 e. The summed E-state index contributed by atoms with van der Waals surface area (Å²) in [4.78, 5) is 14.7. The summed E-state index contributed by atoms with van der Waals surface area (Å²) in [6.07, 6.45) is 3.44. The van der Waals surface area contributed by atoms with E-state index in [0.717, 1.165) is 11.1 Å². The van der Waals surface area contributed by atoms with Crippen LogP contribution in [0.25, 0.3) is 0 Å². The van der Waals surface area contributed by atoms with E-state index in [9.17, 15) is 4.79 Å². The van der Waals surface area contributed by atoms with Gasteiger partial charge in [-0.05, 0) is 31.0 Å². The fourth-order valence-electron chi connectivity index (χ4n) is 1.63. The second kappa shape index (κ2) is 4.89. The molecule has 82 valence electrons. The number of aryl methyl sites for hydroxylation is 1. The molecular weight excluding hydrogens is 192 g/mol. The van der Waals surface area contributed by atoms with E-state index >= 15 is 0 Å². The topological polar surface area (TPSA) is 76.2 Å². The number of pyridine rings is 1. The van der Waals surface area contributed by atoms with Crippen LogP contribution in [0.2, 0.25) is 0 Å². The molecule has 0 aliphatic carbocycles. The van der Waals surface area contributed by atoms with E-state index in [0.29, 0.717) is 0 Å². The van der Waals surface area contributed by atoms with E-state index in [-0.39, 0.29) is 18.4 Å². The number of nitrogens with two attached hydrogens (primary N) is 1. The lowest BCUT2D eigenvalue weighted by Gasteiger charge is -2.20. The highest BCUT2D eigenvalue weighted by Crippen LogP contribution is 2.24. The van der Waals surface area contributed by atoms with Gasteiger partial charge in [0.05, 0.1) is 6.42 Å². The second-order valence-electron chi connectivity index (χ2n) is 3.80. The minimum absolute atomic E-state index is 0.0458. The molecule has 0 bridgehead atoms. The van der Waals surface area contributed by atoms with Crippen LogP contribution in [-0.4, -0.2) is 22.1 Å². The van der Waals surface area contributed by atoms with E-state index in [4.69, 9.17) is 10.8 Å². The van der Waals surface area contributed by atoms with Crippen molar-refractivity contribution < 1.29 is 9.90 Å². The molecule has 2 unspecified atom stereocenters. The molecule has 0 fully saturated rings. The van der Waals surface area contributed by atoms with Crippen LogP contribution in [0.4, 0.5) is 0 Å². The molecule has 4 heteroatoms. The average molecular weight is 208 g/mol. The summed E-state index contributed by atoms with van der Waals surface area (Å²) >= 11 is 0. The number of hydrogen-bond donors (Lipinski definition) is 2. The molecule has 3 N–H and O–H groups in total. The van der Waals surface area contributed by atoms with Crippen molar-refractivity contribution in [2.75, 3.05) is 0 Å². The van der Waals surface area contributed by atoms with Gasteiger partial charge in [-0.3, -0.25) is 9.78 Å². The summed E-state index contributed by atoms with van der Waals surface area (Å²) in [6.45, 7) is 3.76. The van der Waals surface area contributed by atoms with Crippen molar-refractivity contribution in [1.82, 2.24) is 4.98 Å². The minimum Gasteiger partial charge on any atom is -0.481 e. The molecule has 1 heterocycles. The van der Waals surface area contributed by atoms with Crippen LogP contribution in [0.1, 0.15) is 30.4 Å². The van der Waals surface area contributed by atoms with E-state index in [2.05, 4.69) is 4.98 Å². The molecule has 0 aromatic carbocycles. The largest absolute Gasteiger partial charge is 0.481 e. The highest BCUT2D eigenvalue weighted by Gasteiger charge is 2.21. The van der Waals surface area contributed by atoms with Crippen molar-refractivity contribution in [1.29, 1.82) is 0 Å². The Morgan fingerprint density at radius 3 is 2.80 bits per heavy atom. The fraction of sp³-hybridized carbons (Fsp3) is 0.455. The molecule has 1 aromatic rings. The smallest absolute Gasteiger partial charge is 0.304 e. The third kappa shape index (κ3) is 3.02. The van der Waals surface area contributed by atoms with Crippen molar-refractivity contribution in [2.45, 2.75) is 32.2 Å². The van der Waals surface area contributed by atoms with Gasteiger partial charge in [0.2, 0.25) is 0 Å². The number of hydrogen-bond acceptors (Lipinski definition) is 3. The number of aromatic nitrogens is 1. The van der Waals surface area contributed by atoms with Gasteiger partial charge in [0.15, 0.2) is 0 Å². The molecule has 4 nitrogen and oxygen atoms in total. The zero-order valence-electron chi connectivity index (χ0n) is 8.97. The van der Waals surface area contributed by atoms with Crippen LogP contribution < -0.4 is 5.73 Å². The van der Waals surface area contributed by atoms with Crippen molar-refractivity contribution in [3.8, 4) is 0 Å². The van der Waals surface area contributed by atoms with Crippen LogP contribution in [0.5, 0.6) is 0 Å². The zero-order chi connectivity index (χ0) is 11.4. The Balaban J connectivity index is 2.99. The summed E-state index contributed by atoms with van der Waals surface area (Å²) in [5.74, 6) is -1.00. The van der Waals surface area contributed by atoms with Crippen molar-refractivity contribution in [3.05, 3.63) is 29.6 Å². The first-order valence-electron chi connectivity index (χ1n) is 4.90. The Hall–Kier alpha value is -1.42. The lowest BCUT2D eigenvalue weighted by Crippen LogP contribution is -2.27. The van der Waals surface area contributed by atoms with Crippen LogP contribution >= 0.6 is 0 Å². The first kappa shape index (κ1) is 11.7. The van der Waals surface area contributed by atoms with Gasteiger partial charge < -0.3 is 10.8 Å². The van der Waals surface area contributed by atoms with Gasteiger partial charge in [-0.25, -0.2) is 0 Å². The molecular formula is C11H16N2O2. The molecule has 0 aliphatic heterocycles. The first-order chi connectivity index (χ1) is 7.02. The van der Waals surface area contributed by atoms with Gasteiger partial charge in [-0.2, -0.15) is 0 Å². The number of carboxylic acid groups (broad SMARTS) is 1. The molecule has 0 amide bonds. The van der Waals surface area contributed by atoms with Crippen LogP contribution in [0.3, 0.4) is 0 Å². The third-order valence-electron chi connectivity index (χ3n) is 2.51. The number of carboxylic acids is 1. The van der Waals surface area contributed by atoms with E-state index < -0.39 is 5.97 Å². The van der Waals surface area contributed by atoms with Gasteiger partial charge in [0.1, 0.15) is 0 Å². The Labute approximate surface area is 89.1 Å². The molecule has 0 saturated heterocycles. The summed E-state index contributed by atoms with van der Waals surface area (Å²) in [6, 6.07) is 1.68. The number of aliphatic carboxylic acids is 1. The molecule has 0 spiro atoms. The second-order valence-corrected chi connectivity index (χ2v) is 3.80. The molecule has 0 aliphatic rings. The van der Waals surface area contributed by atoms with E-state index in [1.165, 1.54) is 0 Å². The summed E-state index contributed by atoms with van der Waals surface area (Å²) in [5, 5.41) is 8.81. The van der Waals surface area contributed by atoms with Crippen molar-refractivity contribution >= 4 is 5.97 Å². The highest BCUT2D eigenvalue weighted by atomic mass is 16.4. The standard InChI is InChI=1S/C11H16N2O2/c1-7-3-4-13-6-10(7)9(8(2)12)5-11(14)15/h3-4,6,8-9H,5,12H2,1-2H3,(H,14,15). The van der Waals surface area contributed by atoms with Crippen LogP contribution in [0.15, 0.2) is 18.5 Å². The van der Waals surface area contributed by atoms with Crippen molar-refractivity contribution in [2.24, 2.45) is 5.73 Å². The molecule has 2 atom stereocenters. The number of rotatable bonds is 4. The maximum atomic E-state index is 10.7.